The summed E-state index contributed by atoms with van der Waals surface area (Å²) >= 11 is 3.58. The number of nitrogens with one attached hydrogen (secondary N) is 1. The number of hydrogen-bond donors (Lipinski definition) is 1. The molecule has 0 aliphatic rings. The quantitative estimate of drug-likeness (QED) is 0.526. The first kappa shape index (κ1) is 20.2. The maximum atomic E-state index is 12.2. The molecule has 3 rings (SSSR count). The predicted octanol–water partition coefficient (Wildman–Crippen LogP) is 5.14. The Morgan fingerprint density at radius 2 is 1.71 bits per heavy atom. The third-order valence-corrected chi connectivity index (χ3v) is 5.56. The topological polar surface area (TPSA) is 41.6 Å². The molecule has 4 nitrogen and oxygen atoms in total. The first-order chi connectivity index (χ1) is 13.6. The summed E-state index contributed by atoms with van der Waals surface area (Å²) in [5, 5.41) is 5.10. The number of nitrogens with zero attached hydrogens (tertiary/aromatic N) is 1. The van der Waals surface area contributed by atoms with Crippen molar-refractivity contribution in [3.8, 4) is 5.75 Å². The fourth-order valence-electron chi connectivity index (χ4n) is 3.13. The summed E-state index contributed by atoms with van der Waals surface area (Å²) in [5.74, 6) is 0.519. The maximum Gasteiger partial charge on any atom is 0.258 e. The molecule has 28 heavy (non-hydrogen) atoms. The molecule has 0 radical (unpaired) electrons. The van der Waals surface area contributed by atoms with Crippen molar-refractivity contribution >= 4 is 38.3 Å². The molecular formula is C23H25BrN2O2. The van der Waals surface area contributed by atoms with E-state index in [0.29, 0.717) is 12.3 Å². The lowest BCUT2D eigenvalue weighted by Crippen LogP contribution is -2.28. The molecule has 0 heterocycles. The van der Waals surface area contributed by atoms with Crippen molar-refractivity contribution in [1.82, 2.24) is 5.32 Å². The van der Waals surface area contributed by atoms with Crippen molar-refractivity contribution in [3.05, 3.63) is 70.7 Å². The third kappa shape index (κ3) is 4.84. The summed E-state index contributed by atoms with van der Waals surface area (Å²) in [6, 6.07) is 20.2. The van der Waals surface area contributed by atoms with Crippen LogP contribution < -0.4 is 15.0 Å². The van der Waals surface area contributed by atoms with Gasteiger partial charge in [-0.2, -0.15) is 0 Å². The van der Waals surface area contributed by atoms with Gasteiger partial charge in [-0.3, -0.25) is 4.79 Å². The highest BCUT2D eigenvalue weighted by Crippen LogP contribution is 2.32. The molecule has 146 valence electrons. The van der Waals surface area contributed by atoms with E-state index in [1.54, 1.807) is 0 Å². The Kier molecular flexibility index (Phi) is 6.93. The van der Waals surface area contributed by atoms with Gasteiger partial charge in [0.15, 0.2) is 6.61 Å². The standard InChI is InChI=1S/C23H25BrN2O2/c1-3-26(4-2)19-12-9-17(10-13-19)15-25-22(27)16-28-21-14-11-18-7-5-6-8-20(18)23(21)24/h5-14H,3-4,15-16H2,1-2H3,(H,25,27). The minimum absolute atomic E-state index is 0.0194. The zero-order chi connectivity index (χ0) is 19.9. The summed E-state index contributed by atoms with van der Waals surface area (Å²) < 4.78 is 6.58. The number of rotatable bonds is 8. The summed E-state index contributed by atoms with van der Waals surface area (Å²) in [5.41, 5.74) is 2.26. The van der Waals surface area contributed by atoms with Crippen LogP contribution >= 0.6 is 15.9 Å². The van der Waals surface area contributed by atoms with Gasteiger partial charge in [-0.15, -0.1) is 0 Å². The lowest BCUT2D eigenvalue weighted by atomic mass is 10.1. The highest BCUT2D eigenvalue weighted by molar-refractivity contribution is 9.10. The molecule has 0 spiro atoms. The minimum atomic E-state index is -0.145. The van der Waals surface area contributed by atoms with Crippen LogP contribution in [0.15, 0.2) is 65.1 Å². The number of fused-ring (bicyclic) bond motifs is 1. The number of benzene rings is 3. The Labute approximate surface area is 174 Å². The van der Waals surface area contributed by atoms with Crippen molar-refractivity contribution < 1.29 is 9.53 Å². The average molecular weight is 441 g/mol. The second kappa shape index (κ2) is 9.60. The molecule has 3 aromatic rings. The van der Waals surface area contributed by atoms with Crippen LogP contribution in [0.2, 0.25) is 0 Å². The Morgan fingerprint density at radius 3 is 2.43 bits per heavy atom. The number of anilines is 1. The molecular weight excluding hydrogens is 416 g/mol. The second-order valence-electron chi connectivity index (χ2n) is 6.50. The smallest absolute Gasteiger partial charge is 0.258 e. The number of hydrogen-bond acceptors (Lipinski definition) is 3. The van der Waals surface area contributed by atoms with Gasteiger partial charge in [0.05, 0.1) is 4.47 Å². The molecule has 1 N–H and O–H groups in total. The van der Waals surface area contributed by atoms with Crippen LogP contribution in [-0.4, -0.2) is 25.6 Å². The minimum Gasteiger partial charge on any atom is -0.483 e. The van der Waals surface area contributed by atoms with Crippen molar-refractivity contribution in [2.24, 2.45) is 0 Å². The van der Waals surface area contributed by atoms with E-state index in [9.17, 15) is 4.79 Å². The maximum absolute atomic E-state index is 12.2. The SMILES string of the molecule is CCN(CC)c1ccc(CNC(=O)COc2ccc3ccccc3c2Br)cc1. The monoisotopic (exact) mass is 440 g/mol. The van der Waals surface area contributed by atoms with Gasteiger partial charge in [0.1, 0.15) is 5.75 Å². The van der Waals surface area contributed by atoms with Gasteiger partial charge in [0, 0.05) is 25.3 Å². The van der Waals surface area contributed by atoms with Crippen LogP contribution in [0.4, 0.5) is 5.69 Å². The second-order valence-corrected chi connectivity index (χ2v) is 7.30. The molecule has 0 saturated carbocycles. The molecule has 5 heteroatoms. The van der Waals surface area contributed by atoms with E-state index in [0.717, 1.165) is 33.9 Å². The highest BCUT2D eigenvalue weighted by Gasteiger charge is 2.09. The van der Waals surface area contributed by atoms with Crippen molar-refractivity contribution in [2.45, 2.75) is 20.4 Å². The Balaban J connectivity index is 1.53. The molecule has 0 fully saturated rings. The van der Waals surface area contributed by atoms with Gasteiger partial charge < -0.3 is 15.0 Å². The summed E-state index contributed by atoms with van der Waals surface area (Å²) in [6.07, 6.45) is 0. The Bertz CT molecular complexity index is 937. The third-order valence-electron chi connectivity index (χ3n) is 4.74. The van der Waals surface area contributed by atoms with Gasteiger partial charge >= 0.3 is 0 Å². The highest BCUT2D eigenvalue weighted by atomic mass is 79.9. The lowest BCUT2D eigenvalue weighted by Gasteiger charge is -2.21. The fraction of sp³-hybridized carbons (Fsp3) is 0.261. The summed E-state index contributed by atoms with van der Waals surface area (Å²) in [6.45, 7) is 6.72. The first-order valence-corrected chi connectivity index (χ1v) is 10.3. The summed E-state index contributed by atoms with van der Waals surface area (Å²) in [7, 11) is 0. The van der Waals surface area contributed by atoms with E-state index >= 15 is 0 Å². The van der Waals surface area contributed by atoms with Gasteiger partial charge in [0.25, 0.3) is 5.91 Å². The number of ether oxygens (including phenoxy) is 1. The average Bonchev–Trinajstić information content (AvgIpc) is 2.74. The van der Waals surface area contributed by atoms with Crippen LogP contribution in [0, 0.1) is 0 Å². The van der Waals surface area contributed by atoms with Crippen LogP contribution in [0.25, 0.3) is 10.8 Å². The van der Waals surface area contributed by atoms with Crippen LogP contribution in [0.1, 0.15) is 19.4 Å². The van der Waals surface area contributed by atoms with Crippen LogP contribution in [0.5, 0.6) is 5.75 Å². The Morgan fingerprint density at radius 1 is 1.00 bits per heavy atom. The van der Waals surface area contributed by atoms with Gasteiger partial charge in [-0.1, -0.05) is 42.5 Å². The number of halogens is 1. The molecule has 0 atom stereocenters. The normalized spacial score (nSPS) is 10.7. The fourth-order valence-corrected chi connectivity index (χ4v) is 3.74. The van der Waals surface area contributed by atoms with E-state index in [1.165, 1.54) is 5.69 Å². The van der Waals surface area contributed by atoms with Crippen molar-refractivity contribution in [1.29, 1.82) is 0 Å². The number of carbonyl (C=O) groups excluding carboxylic acids is 1. The van der Waals surface area contributed by atoms with Crippen molar-refractivity contribution in [2.75, 3.05) is 24.6 Å². The van der Waals surface area contributed by atoms with E-state index in [4.69, 9.17) is 4.74 Å². The largest absolute Gasteiger partial charge is 0.483 e. The van der Waals surface area contributed by atoms with Crippen LogP contribution in [-0.2, 0) is 11.3 Å². The first-order valence-electron chi connectivity index (χ1n) is 9.53. The Hall–Kier alpha value is -2.53. The number of carbonyl (C=O) groups is 1. The van der Waals surface area contributed by atoms with E-state index in [2.05, 4.69) is 64.3 Å². The van der Waals surface area contributed by atoms with E-state index < -0.39 is 0 Å². The zero-order valence-electron chi connectivity index (χ0n) is 16.2. The van der Waals surface area contributed by atoms with Gasteiger partial charge in [-0.25, -0.2) is 0 Å². The molecule has 0 aliphatic heterocycles. The molecule has 0 aliphatic carbocycles. The summed E-state index contributed by atoms with van der Waals surface area (Å²) in [4.78, 5) is 14.5. The van der Waals surface area contributed by atoms with Gasteiger partial charge in [-0.05, 0) is 64.3 Å². The predicted molar refractivity (Wildman–Crippen MR) is 119 cm³/mol. The van der Waals surface area contributed by atoms with Crippen molar-refractivity contribution in [3.63, 3.8) is 0 Å². The van der Waals surface area contributed by atoms with E-state index in [1.807, 2.05) is 36.4 Å². The molecule has 3 aromatic carbocycles. The zero-order valence-corrected chi connectivity index (χ0v) is 17.8. The lowest BCUT2D eigenvalue weighted by molar-refractivity contribution is -0.123. The van der Waals surface area contributed by atoms with Gasteiger partial charge in [0.2, 0.25) is 0 Å². The molecule has 1 amide bonds. The molecule has 0 saturated heterocycles. The molecule has 0 unspecified atom stereocenters. The number of amides is 1. The molecule has 0 bridgehead atoms. The van der Waals surface area contributed by atoms with Crippen LogP contribution in [0.3, 0.4) is 0 Å². The van der Waals surface area contributed by atoms with E-state index in [-0.39, 0.29) is 12.5 Å². The molecule has 0 aromatic heterocycles.